The van der Waals surface area contributed by atoms with Gasteiger partial charge >= 0.3 is 5.97 Å². The molecule has 34 heavy (non-hydrogen) atoms. The summed E-state index contributed by atoms with van der Waals surface area (Å²) < 4.78 is 7.15. The number of carbonyl (C=O) groups is 1. The quantitative estimate of drug-likeness (QED) is 0.461. The van der Waals surface area contributed by atoms with Gasteiger partial charge in [-0.25, -0.2) is 4.98 Å². The van der Waals surface area contributed by atoms with Crippen LogP contribution in [0.25, 0.3) is 27.7 Å². The van der Waals surface area contributed by atoms with Gasteiger partial charge in [0, 0.05) is 40.4 Å². The third kappa shape index (κ3) is 4.59. The number of para-hydroxylation sites is 1. The maximum absolute atomic E-state index is 12.2. The molecule has 0 aliphatic carbocycles. The van der Waals surface area contributed by atoms with Crippen LogP contribution >= 0.6 is 0 Å². The first-order valence-corrected chi connectivity index (χ1v) is 11.7. The molecule has 176 valence electrons. The number of esters is 1. The molecule has 0 bridgehead atoms. The Balaban J connectivity index is 1.36. The number of hydrogen-bond acceptors (Lipinski definition) is 7. The highest BCUT2D eigenvalue weighted by atomic mass is 16.6. The van der Waals surface area contributed by atoms with Crippen molar-refractivity contribution in [3.63, 3.8) is 0 Å². The van der Waals surface area contributed by atoms with Crippen LogP contribution in [0, 0.1) is 0 Å². The lowest BCUT2D eigenvalue weighted by atomic mass is 9.93. The first-order chi connectivity index (χ1) is 16.3. The van der Waals surface area contributed by atoms with Gasteiger partial charge in [0.05, 0.1) is 18.3 Å². The molecule has 1 aromatic carbocycles. The van der Waals surface area contributed by atoms with E-state index in [2.05, 4.69) is 27.1 Å². The number of anilines is 1. The summed E-state index contributed by atoms with van der Waals surface area (Å²) in [5, 5.41) is 5.55. The van der Waals surface area contributed by atoms with E-state index in [0.717, 1.165) is 59.3 Å². The Morgan fingerprint density at radius 1 is 1.15 bits per heavy atom. The van der Waals surface area contributed by atoms with Gasteiger partial charge in [-0.2, -0.15) is 9.61 Å². The molecule has 0 spiro atoms. The molecule has 8 nitrogen and oxygen atoms in total. The zero-order valence-corrected chi connectivity index (χ0v) is 19.9. The molecule has 5 rings (SSSR count). The van der Waals surface area contributed by atoms with E-state index in [1.165, 1.54) is 0 Å². The highest BCUT2D eigenvalue weighted by Crippen LogP contribution is 2.31. The van der Waals surface area contributed by atoms with Gasteiger partial charge in [0.25, 0.3) is 0 Å². The average Bonchev–Trinajstić information content (AvgIpc) is 3.22. The predicted molar refractivity (Wildman–Crippen MR) is 132 cm³/mol. The Morgan fingerprint density at radius 3 is 2.68 bits per heavy atom. The fourth-order valence-electron chi connectivity index (χ4n) is 4.58. The second-order valence-corrected chi connectivity index (χ2v) is 9.95. The zero-order valence-electron chi connectivity index (χ0n) is 19.9. The van der Waals surface area contributed by atoms with Crippen LogP contribution in [0.5, 0.6) is 0 Å². The molecule has 0 atom stereocenters. The van der Waals surface area contributed by atoms with Crippen molar-refractivity contribution in [1.29, 1.82) is 0 Å². The second-order valence-electron chi connectivity index (χ2n) is 9.95. The summed E-state index contributed by atoms with van der Waals surface area (Å²) in [7, 11) is 0. The summed E-state index contributed by atoms with van der Waals surface area (Å²) in [4.78, 5) is 23.9. The number of ether oxygens (including phenoxy) is 1. The Kier molecular flexibility index (Phi) is 5.69. The van der Waals surface area contributed by atoms with Crippen LogP contribution in [0.4, 0.5) is 5.82 Å². The minimum atomic E-state index is -0.463. The van der Waals surface area contributed by atoms with Gasteiger partial charge in [-0.1, -0.05) is 18.2 Å². The number of hydrogen-bond donors (Lipinski definition) is 1. The fraction of sp³-hybridized carbons (Fsp3) is 0.385. The van der Waals surface area contributed by atoms with Crippen LogP contribution in [0.1, 0.15) is 45.2 Å². The van der Waals surface area contributed by atoms with Crippen molar-refractivity contribution in [1.82, 2.24) is 24.5 Å². The summed E-state index contributed by atoms with van der Waals surface area (Å²) in [5.74, 6) is 0.665. The van der Waals surface area contributed by atoms with Crippen molar-refractivity contribution in [3.8, 4) is 11.1 Å². The van der Waals surface area contributed by atoms with Crippen LogP contribution in [0.15, 0.2) is 48.8 Å². The van der Waals surface area contributed by atoms with Crippen molar-refractivity contribution in [3.05, 3.63) is 54.5 Å². The second kappa shape index (κ2) is 8.68. The molecule has 0 saturated carbocycles. The molecule has 2 N–H and O–H groups in total. The third-order valence-corrected chi connectivity index (χ3v) is 6.20. The smallest absolute Gasteiger partial charge is 0.320 e. The largest absolute Gasteiger partial charge is 0.459 e. The number of likely N-dealkylation sites (tertiary alicyclic amines) is 1. The number of aromatic nitrogens is 4. The van der Waals surface area contributed by atoms with Gasteiger partial charge in [-0.15, -0.1) is 0 Å². The minimum Gasteiger partial charge on any atom is -0.459 e. The van der Waals surface area contributed by atoms with E-state index in [4.69, 9.17) is 15.5 Å². The van der Waals surface area contributed by atoms with Crippen LogP contribution < -0.4 is 5.73 Å². The highest BCUT2D eigenvalue weighted by molar-refractivity contribution is 5.86. The summed E-state index contributed by atoms with van der Waals surface area (Å²) >= 11 is 0. The van der Waals surface area contributed by atoms with Crippen LogP contribution in [0.2, 0.25) is 0 Å². The van der Waals surface area contributed by atoms with Gasteiger partial charge in [0.1, 0.15) is 11.4 Å². The van der Waals surface area contributed by atoms with E-state index < -0.39 is 5.60 Å². The molecule has 1 aliphatic rings. The van der Waals surface area contributed by atoms with Gasteiger partial charge in [0.15, 0.2) is 5.65 Å². The van der Waals surface area contributed by atoms with Crippen LogP contribution in [0.3, 0.4) is 0 Å². The normalized spacial score (nSPS) is 15.7. The highest BCUT2D eigenvalue weighted by Gasteiger charge is 2.26. The summed E-state index contributed by atoms with van der Waals surface area (Å²) in [5.41, 5.74) is 10.4. The number of carbonyl (C=O) groups excluding carboxylic acids is 1. The molecular weight excluding hydrogens is 428 g/mol. The molecule has 4 aromatic rings. The molecule has 8 heteroatoms. The van der Waals surface area contributed by atoms with Crippen LogP contribution in [-0.2, 0) is 9.53 Å². The fourth-order valence-corrected chi connectivity index (χ4v) is 4.58. The van der Waals surface area contributed by atoms with Crippen molar-refractivity contribution < 1.29 is 9.53 Å². The standard InChI is InChI=1S/C26H30N6O2/c1-26(2,3)34-24(33)16-31-10-8-17(9-11-31)22-13-23(27)32-25(30-22)20(15-29-32)19-12-18-6-4-5-7-21(18)28-14-19/h4-7,12-15,17H,8-11,16,27H2,1-3H3. The molecule has 0 amide bonds. The molecule has 1 aliphatic heterocycles. The van der Waals surface area contributed by atoms with Gasteiger partial charge in [-0.3, -0.25) is 14.7 Å². The maximum atomic E-state index is 12.2. The Labute approximate surface area is 198 Å². The lowest BCUT2D eigenvalue weighted by molar-refractivity contribution is -0.156. The van der Waals surface area contributed by atoms with E-state index >= 15 is 0 Å². The minimum absolute atomic E-state index is 0.178. The first kappa shape index (κ1) is 22.3. The van der Waals surface area contributed by atoms with Gasteiger partial charge in [-0.05, 0) is 58.8 Å². The molecule has 1 saturated heterocycles. The summed E-state index contributed by atoms with van der Waals surface area (Å²) in [6.45, 7) is 7.63. The summed E-state index contributed by atoms with van der Waals surface area (Å²) in [6.07, 6.45) is 5.48. The Hall–Kier alpha value is -3.52. The maximum Gasteiger partial charge on any atom is 0.320 e. The number of fused-ring (bicyclic) bond motifs is 2. The number of pyridine rings is 1. The van der Waals surface area contributed by atoms with Crippen molar-refractivity contribution in [2.75, 3.05) is 25.4 Å². The Morgan fingerprint density at radius 2 is 1.91 bits per heavy atom. The van der Waals surface area contributed by atoms with Crippen molar-refractivity contribution in [2.24, 2.45) is 0 Å². The van der Waals surface area contributed by atoms with E-state index in [1.807, 2.05) is 51.2 Å². The molecule has 3 aromatic heterocycles. The summed E-state index contributed by atoms with van der Waals surface area (Å²) in [6, 6.07) is 12.1. The lowest BCUT2D eigenvalue weighted by Gasteiger charge is -2.31. The number of nitrogens with zero attached hydrogens (tertiary/aromatic N) is 5. The monoisotopic (exact) mass is 458 g/mol. The number of rotatable bonds is 4. The Bertz CT molecular complexity index is 1350. The molecule has 4 heterocycles. The molecule has 0 unspecified atom stereocenters. The third-order valence-electron chi connectivity index (χ3n) is 6.20. The number of nitrogen functional groups attached to an aromatic ring is 1. The first-order valence-electron chi connectivity index (χ1n) is 11.7. The lowest BCUT2D eigenvalue weighted by Crippen LogP contribution is -2.39. The van der Waals surface area contributed by atoms with Gasteiger partial charge in [0.2, 0.25) is 0 Å². The number of benzene rings is 1. The van der Waals surface area contributed by atoms with E-state index in [9.17, 15) is 4.79 Å². The average molecular weight is 459 g/mol. The van der Waals surface area contributed by atoms with Crippen LogP contribution in [-0.4, -0.2) is 55.7 Å². The van der Waals surface area contributed by atoms with E-state index in [-0.39, 0.29) is 11.9 Å². The SMILES string of the molecule is CC(C)(C)OC(=O)CN1CCC(c2cc(N)n3ncc(-c4cnc5ccccc5c4)c3n2)CC1. The van der Waals surface area contributed by atoms with E-state index in [1.54, 1.807) is 10.7 Å². The van der Waals surface area contributed by atoms with Crippen molar-refractivity contribution in [2.45, 2.75) is 45.1 Å². The van der Waals surface area contributed by atoms with Crippen molar-refractivity contribution >= 4 is 28.3 Å². The number of piperidine rings is 1. The molecule has 1 fully saturated rings. The van der Waals surface area contributed by atoms with E-state index in [0.29, 0.717) is 12.4 Å². The predicted octanol–water partition coefficient (Wildman–Crippen LogP) is 4.05. The molecular formula is C26H30N6O2. The van der Waals surface area contributed by atoms with Gasteiger partial charge < -0.3 is 10.5 Å². The molecule has 0 radical (unpaired) electrons. The topological polar surface area (TPSA) is 98.6 Å². The zero-order chi connectivity index (χ0) is 23.9. The number of nitrogens with two attached hydrogens (primary N) is 1.